The Hall–Kier alpha value is -2.08. The molecule has 0 aliphatic carbocycles. The Kier molecular flexibility index (Phi) is 3.79. The molecule has 0 radical (unpaired) electrons. The molecule has 1 fully saturated rings. The summed E-state index contributed by atoms with van der Waals surface area (Å²) in [6.45, 7) is 2.52. The number of benzene rings is 1. The molecule has 1 saturated heterocycles. The van der Waals surface area contributed by atoms with Gasteiger partial charge in [0.1, 0.15) is 0 Å². The number of amides is 2. The lowest BCUT2D eigenvalue weighted by Gasteiger charge is -2.17. The van der Waals surface area contributed by atoms with Crippen molar-refractivity contribution in [1.82, 2.24) is 10.2 Å². The average Bonchev–Trinajstić information content (AvgIpc) is 3.12. The molecule has 2 heterocycles. The quantitative estimate of drug-likeness (QED) is 0.880. The molecular weight excluding hydrogens is 272 g/mol. The number of fused-ring (bicyclic) bond motifs is 1. The van der Waals surface area contributed by atoms with Crippen LogP contribution in [0, 0.1) is 5.92 Å². The lowest BCUT2D eigenvalue weighted by molar-refractivity contribution is -0.141. The molecule has 6 heteroatoms. The number of carbonyl (C=O) groups is 2. The molecule has 0 bridgehead atoms. The van der Waals surface area contributed by atoms with E-state index in [-0.39, 0.29) is 6.03 Å². The Bertz CT molecular complexity index is 573. The van der Waals surface area contributed by atoms with Gasteiger partial charge in [-0.3, -0.25) is 4.79 Å². The Balaban J connectivity index is 1.53. The van der Waals surface area contributed by atoms with Gasteiger partial charge in [-0.05, 0) is 23.1 Å². The first kappa shape index (κ1) is 13.9. The van der Waals surface area contributed by atoms with Crippen molar-refractivity contribution in [3.63, 3.8) is 0 Å². The molecule has 0 aromatic heterocycles. The molecule has 0 spiro atoms. The smallest absolute Gasteiger partial charge is 0.317 e. The van der Waals surface area contributed by atoms with Crippen molar-refractivity contribution in [2.24, 2.45) is 5.92 Å². The van der Waals surface area contributed by atoms with Gasteiger partial charge in [-0.1, -0.05) is 18.2 Å². The van der Waals surface area contributed by atoms with Crippen LogP contribution in [-0.4, -0.2) is 35.1 Å². The van der Waals surface area contributed by atoms with E-state index in [1.54, 1.807) is 4.90 Å². The number of carbonyl (C=O) groups excluding carboxylic acids is 1. The van der Waals surface area contributed by atoms with Crippen molar-refractivity contribution < 1.29 is 19.4 Å². The third-order valence-electron chi connectivity index (χ3n) is 4.05. The van der Waals surface area contributed by atoms with Crippen molar-refractivity contribution in [1.29, 1.82) is 0 Å². The fourth-order valence-electron chi connectivity index (χ4n) is 2.77. The summed E-state index contributed by atoms with van der Waals surface area (Å²) in [5.41, 5.74) is 3.41. The second kappa shape index (κ2) is 5.73. The number of carboxylic acid groups (broad SMARTS) is 1. The largest absolute Gasteiger partial charge is 0.481 e. The number of hydrogen-bond acceptors (Lipinski definition) is 3. The van der Waals surface area contributed by atoms with E-state index in [1.165, 1.54) is 11.1 Å². The predicted molar refractivity (Wildman–Crippen MR) is 74.5 cm³/mol. The van der Waals surface area contributed by atoms with E-state index in [4.69, 9.17) is 9.84 Å². The number of urea groups is 1. The molecule has 112 valence electrons. The fourth-order valence-corrected chi connectivity index (χ4v) is 2.77. The van der Waals surface area contributed by atoms with Crippen LogP contribution in [0.3, 0.4) is 0 Å². The number of rotatable bonds is 3. The summed E-state index contributed by atoms with van der Waals surface area (Å²) < 4.78 is 5.36. The average molecular weight is 290 g/mol. The number of nitrogens with one attached hydrogen (secondary N) is 1. The number of nitrogens with zero attached hydrogens (tertiary/aromatic N) is 1. The van der Waals surface area contributed by atoms with E-state index < -0.39 is 11.9 Å². The van der Waals surface area contributed by atoms with Gasteiger partial charge < -0.3 is 20.1 Å². The van der Waals surface area contributed by atoms with Crippen LogP contribution in [0.15, 0.2) is 18.2 Å². The highest BCUT2D eigenvalue weighted by Crippen LogP contribution is 2.21. The van der Waals surface area contributed by atoms with E-state index in [1.807, 2.05) is 18.2 Å². The molecule has 2 amide bonds. The van der Waals surface area contributed by atoms with Crippen LogP contribution < -0.4 is 5.32 Å². The Labute approximate surface area is 122 Å². The van der Waals surface area contributed by atoms with Gasteiger partial charge in [0, 0.05) is 19.6 Å². The third kappa shape index (κ3) is 3.00. The molecule has 1 aromatic rings. The van der Waals surface area contributed by atoms with Crippen LogP contribution >= 0.6 is 0 Å². The minimum Gasteiger partial charge on any atom is -0.481 e. The zero-order valence-electron chi connectivity index (χ0n) is 11.7. The van der Waals surface area contributed by atoms with Crippen molar-refractivity contribution in [3.05, 3.63) is 34.9 Å². The molecule has 1 unspecified atom stereocenters. The first-order valence-electron chi connectivity index (χ1n) is 7.07. The van der Waals surface area contributed by atoms with E-state index in [0.717, 1.165) is 5.56 Å². The highest BCUT2D eigenvalue weighted by Gasteiger charge is 2.30. The Morgan fingerprint density at radius 3 is 2.90 bits per heavy atom. The molecule has 2 aliphatic rings. The molecule has 1 atom stereocenters. The van der Waals surface area contributed by atoms with Gasteiger partial charge in [-0.15, -0.1) is 0 Å². The van der Waals surface area contributed by atoms with E-state index in [0.29, 0.717) is 39.3 Å². The number of likely N-dealkylation sites (tertiary alicyclic amines) is 1. The summed E-state index contributed by atoms with van der Waals surface area (Å²) in [5.74, 6) is -1.27. The van der Waals surface area contributed by atoms with E-state index in [2.05, 4.69) is 5.32 Å². The summed E-state index contributed by atoms with van der Waals surface area (Å²) >= 11 is 0. The van der Waals surface area contributed by atoms with Crippen molar-refractivity contribution in [2.75, 3.05) is 13.1 Å². The van der Waals surface area contributed by atoms with Gasteiger partial charge in [0.15, 0.2) is 0 Å². The van der Waals surface area contributed by atoms with Crippen molar-refractivity contribution in [2.45, 2.75) is 26.2 Å². The Morgan fingerprint density at radius 2 is 2.14 bits per heavy atom. The molecule has 21 heavy (non-hydrogen) atoms. The number of ether oxygens (including phenoxy) is 1. The Morgan fingerprint density at radius 1 is 1.33 bits per heavy atom. The SMILES string of the molecule is O=C(O)C1CCN(C(=O)NCc2ccc3c(c2)COC3)C1. The fraction of sp³-hybridized carbons (Fsp3) is 0.467. The number of carboxylic acids is 1. The molecule has 1 aromatic carbocycles. The van der Waals surface area contributed by atoms with Gasteiger partial charge in [-0.2, -0.15) is 0 Å². The normalized spacial score (nSPS) is 20.4. The van der Waals surface area contributed by atoms with Gasteiger partial charge in [0.25, 0.3) is 0 Å². The standard InChI is InChI=1S/C15H18N2O4/c18-14(19)11-3-4-17(7-11)15(20)16-6-10-1-2-12-8-21-9-13(12)5-10/h1-2,5,11H,3-4,6-9H2,(H,16,20)(H,18,19). The van der Waals surface area contributed by atoms with Crippen LogP contribution in [0.1, 0.15) is 23.1 Å². The van der Waals surface area contributed by atoms with E-state index in [9.17, 15) is 9.59 Å². The summed E-state index contributed by atoms with van der Waals surface area (Å²) in [7, 11) is 0. The summed E-state index contributed by atoms with van der Waals surface area (Å²) in [6, 6.07) is 5.86. The van der Waals surface area contributed by atoms with E-state index >= 15 is 0 Å². The first-order valence-corrected chi connectivity index (χ1v) is 7.07. The highest BCUT2D eigenvalue weighted by atomic mass is 16.5. The van der Waals surface area contributed by atoms with Crippen LogP contribution in [0.2, 0.25) is 0 Å². The second-order valence-corrected chi connectivity index (χ2v) is 5.52. The predicted octanol–water partition coefficient (Wildman–Crippen LogP) is 1.33. The first-order chi connectivity index (χ1) is 10.1. The lowest BCUT2D eigenvalue weighted by atomic mass is 10.1. The number of hydrogen-bond donors (Lipinski definition) is 2. The second-order valence-electron chi connectivity index (χ2n) is 5.52. The molecule has 2 aliphatic heterocycles. The maximum atomic E-state index is 12.0. The molecule has 6 nitrogen and oxygen atoms in total. The van der Waals surface area contributed by atoms with Gasteiger partial charge in [-0.25, -0.2) is 4.79 Å². The summed E-state index contributed by atoms with van der Waals surface area (Å²) in [4.78, 5) is 24.5. The van der Waals surface area contributed by atoms with Crippen LogP contribution in [0.25, 0.3) is 0 Å². The maximum absolute atomic E-state index is 12.0. The summed E-state index contributed by atoms with van der Waals surface area (Å²) in [5, 5.41) is 11.8. The zero-order valence-corrected chi connectivity index (χ0v) is 11.7. The van der Waals surface area contributed by atoms with Gasteiger partial charge >= 0.3 is 12.0 Å². The molecule has 3 rings (SSSR count). The zero-order chi connectivity index (χ0) is 14.8. The molecule has 2 N–H and O–H groups in total. The van der Waals surface area contributed by atoms with Gasteiger partial charge in [0.05, 0.1) is 19.1 Å². The van der Waals surface area contributed by atoms with Crippen molar-refractivity contribution >= 4 is 12.0 Å². The third-order valence-corrected chi connectivity index (χ3v) is 4.05. The summed E-state index contributed by atoms with van der Waals surface area (Å²) in [6.07, 6.45) is 0.527. The van der Waals surface area contributed by atoms with Crippen LogP contribution in [0.4, 0.5) is 4.79 Å². The molecule has 0 saturated carbocycles. The maximum Gasteiger partial charge on any atom is 0.317 e. The topological polar surface area (TPSA) is 78.9 Å². The molecular formula is C15H18N2O4. The number of aliphatic carboxylic acids is 1. The minimum atomic E-state index is -0.830. The van der Waals surface area contributed by atoms with Gasteiger partial charge in [0.2, 0.25) is 0 Å². The lowest BCUT2D eigenvalue weighted by Crippen LogP contribution is -2.38. The van der Waals surface area contributed by atoms with Crippen LogP contribution in [-0.2, 0) is 29.3 Å². The van der Waals surface area contributed by atoms with Crippen LogP contribution in [0.5, 0.6) is 0 Å². The monoisotopic (exact) mass is 290 g/mol. The minimum absolute atomic E-state index is 0.199. The van der Waals surface area contributed by atoms with Crippen molar-refractivity contribution in [3.8, 4) is 0 Å². The highest BCUT2D eigenvalue weighted by molar-refractivity contribution is 5.77.